The maximum Gasteiger partial charge on any atom is 0.269 e. The zero-order chi connectivity index (χ0) is 20.5. The van der Waals surface area contributed by atoms with Crippen molar-refractivity contribution in [2.75, 3.05) is 27.3 Å². The molecule has 0 fully saturated rings. The summed E-state index contributed by atoms with van der Waals surface area (Å²) in [6, 6.07) is 8.72. The predicted octanol–water partition coefficient (Wildman–Crippen LogP) is 2.46. The van der Waals surface area contributed by atoms with E-state index in [1.165, 1.54) is 12.3 Å². The van der Waals surface area contributed by atoms with E-state index < -0.39 is 0 Å². The number of pyridine rings is 1. The van der Waals surface area contributed by atoms with Crippen LogP contribution in [0.5, 0.6) is 11.5 Å². The molecule has 0 unspecified atom stereocenters. The largest absolute Gasteiger partial charge is 0.493 e. The van der Waals surface area contributed by atoms with Crippen LogP contribution in [0.4, 0.5) is 0 Å². The zero-order valence-corrected chi connectivity index (χ0v) is 16.7. The summed E-state index contributed by atoms with van der Waals surface area (Å²) in [6.45, 7) is 5.04. The third kappa shape index (κ3) is 5.97. The van der Waals surface area contributed by atoms with E-state index in [4.69, 9.17) is 9.47 Å². The van der Waals surface area contributed by atoms with Crippen LogP contribution in [0.2, 0.25) is 0 Å². The third-order valence-corrected chi connectivity index (χ3v) is 4.07. The van der Waals surface area contributed by atoms with E-state index in [2.05, 4.69) is 15.6 Å². The van der Waals surface area contributed by atoms with Crippen LogP contribution in [-0.2, 0) is 6.42 Å². The van der Waals surface area contributed by atoms with Crippen molar-refractivity contribution < 1.29 is 19.1 Å². The van der Waals surface area contributed by atoms with Gasteiger partial charge in [0.05, 0.1) is 14.2 Å². The van der Waals surface area contributed by atoms with Crippen molar-refractivity contribution >= 4 is 11.8 Å². The van der Waals surface area contributed by atoms with Crippen LogP contribution in [0, 0.1) is 5.92 Å². The lowest BCUT2D eigenvalue weighted by molar-refractivity contribution is 0.0949. The lowest BCUT2D eigenvalue weighted by Crippen LogP contribution is -2.29. The summed E-state index contributed by atoms with van der Waals surface area (Å²) in [5.41, 5.74) is 1.64. The van der Waals surface area contributed by atoms with E-state index in [-0.39, 0.29) is 17.5 Å². The van der Waals surface area contributed by atoms with Gasteiger partial charge in [0.2, 0.25) is 0 Å². The van der Waals surface area contributed by atoms with Crippen LogP contribution in [0.15, 0.2) is 36.5 Å². The normalized spacial score (nSPS) is 10.5. The Morgan fingerprint density at radius 2 is 1.75 bits per heavy atom. The smallest absolute Gasteiger partial charge is 0.269 e. The quantitative estimate of drug-likeness (QED) is 0.692. The summed E-state index contributed by atoms with van der Waals surface area (Å²) in [7, 11) is 3.17. The Morgan fingerprint density at radius 1 is 1.00 bits per heavy atom. The second kappa shape index (κ2) is 10.3. The molecule has 0 bridgehead atoms. The number of aromatic nitrogens is 1. The first-order chi connectivity index (χ1) is 13.4. The molecule has 2 N–H and O–H groups in total. The Morgan fingerprint density at radius 3 is 2.43 bits per heavy atom. The molecule has 1 heterocycles. The molecule has 2 aromatic rings. The number of amides is 2. The maximum atomic E-state index is 12.3. The molecule has 0 aliphatic carbocycles. The number of nitrogens with one attached hydrogen (secondary N) is 2. The van der Waals surface area contributed by atoms with E-state index in [1.807, 2.05) is 32.0 Å². The van der Waals surface area contributed by atoms with Gasteiger partial charge in [-0.05, 0) is 42.2 Å². The minimum Gasteiger partial charge on any atom is -0.493 e. The fraction of sp³-hybridized carbons (Fsp3) is 0.381. The van der Waals surface area contributed by atoms with Gasteiger partial charge in [-0.2, -0.15) is 0 Å². The molecule has 7 nitrogen and oxygen atoms in total. The average Bonchev–Trinajstić information content (AvgIpc) is 2.71. The summed E-state index contributed by atoms with van der Waals surface area (Å²) >= 11 is 0. The fourth-order valence-electron chi connectivity index (χ4n) is 2.54. The second-order valence-electron chi connectivity index (χ2n) is 6.73. The first-order valence-corrected chi connectivity index (χ1v) is 9.18. The molecular formula is C21H27N3O4. The molecule has 2 amide bonds. The topological polar surface area (TPSA) is 89.5 Å². The molecule has 0 aliphatic rings. The van der Waals surface area contributed by atoms with E-state index >= 15 is 0 Å². The molecule has 0 spiro atoms. The molecule has 0 radical (unpaired) electrons. The monoisotopic (exact) mass is 385 g/mol. The number of nitrogens with zero attached hydrogens (tertiary/aromatic N) is 1. The number of rotatable bonds is 9. The number of hydrogen-bond donors (Lipinski definition) is 2. The van der Waals surface area contributed by atoms with E-state index in [9.17, 15) is 9.59 Å². The first-order valence-electron chi connectivity index (χ1n) is 9.18. The molecule has 2 rings (SSSR count). The minimum absolute atomic E-state index is 0.213. The highest BCUT2D eigenvalue weighted by atomic mass is 16.5. The van der Waals surface area contributed by atoms with Gasteiger partial charge in [-0.1, -0.05) is 19.9 Å². The highest BCUT2D eigenvalue weighted by Gasteiger charge is 2.12. The van der Waals surface area contributed by atoms with Gasteiger partial charge in [-0.3, -0.25) is 14.6 Å². The zero-order valence-electron chi connectivity index (χ0n) is 16.7. The van der Waals surface area contributed by atoms with Crippen LogP contribution in [-0.4, -0.2) is 44.1 Å². The van der Waals surface area contributed by atoms with Crippen molar-refractivity contribution in [3.05, 3.63) is 53.3 Å². The van der Waals surface area contributed by atoms with Crippen molar-refractivity contribution in [2.24, 2.45) is 5.92 Å². The first kappa shape index (κ1) is 21.2. The predicted molar refractivity (Wildman–Crippen MR) is 107 cm³/mol. The van der Waals surface area contributed by atoms with Gasteiger partial charge in [0.25, 0.3) is 11.8 Å². The molecule has 0 saturated carbocycles. The van der Waals surface area contributed by atoms with E-state index in [0.717, 1.165) is 5.56 Å². The van der Waals surface area contributed by atoms with Gasteiger partial charge < -0.3 is 20.1 Å². The molecular weight excluding hydrogens is 358 g/mol. The van der Waals surface area contributed by atoms with Crippen molar-refractivity contribution in [3.63, 3.8) is 0 Å². The van der Waals surface area contributed by atoms with Crippen molar-refractivity contribution in [3.8, 4) is 11.5 Å². The van der Waals surface area contributed by atoms with Gasteiger partial charge in [0.1, 0.15) is 5.69 Å². The number of hydrogen-bond acceptors (Lipinski definition) is 5. The molecule has 1 aromatic carbocycles. The fourth-order valence-corrected chi connectivity index (χ4v) is 2.54. The standard InChI is InChI=1S/C21H27N3O4/c1-14(2)13-24-20(25)16-8-10-22-17(12-16)21(26)23-9-7-15-5-6-18(27-3)19(11-15)28-4/h5-6,8,10-12,14H,7,9,13H2,1-4H3,(H,23,26)(H,24,25). The van der Waals surface area contributed by atoms with Crippen molar-refractivity contribution in [2.45, 2.75) is 20.3 Å². The van der Waals surface area contributed by atoms with Crippen LogP contribution in [0.3, 0.4) is 0 Å². The molecule has 28 heavy (non-hydrogen) atoms. The Kier molecular flexibility index (Phi) is 7.80. The van der Waals surface area contributed by atoms with Crippen molar-refractivity contribution in [1.29, 1.82) is 0 Å². The Bertz CT molecular complexity index is 821. The van der Waals surface area contributed by atoms with Crippen LogP contribution in [0.25, 0.3) is 0 Å². The summed E-state index contributed by atoms with van der Waals surface area (Å²) in [5.74, 6) is 1.12. The van der Waals surface area contributed by atoms with Gasteiger partial charge >= 0.3 is 0 Å². The summed E-state index contributed by atoms with van der Waals surface area (Å²) in [6.07, 6.45) is 2.09. The lowest BCUT2D eigenvalue weighted by Gasteiger charge is -2.10. The van der Waals surface area contributed by atoms with Crippen LogP contribution < -0.4 is 20.1 Å². The number of methoxy groups -OCH3 is 2. The Balaban J connectivity index is 1.93. The highest BCUT2D eigenvalue weighted by molar-refractivity contribution is 5.98. The van der Waals surface area contributed by atoms with Crippen molar-refractivity contribution in [1.82, 2.24) is 15.6 Å². The summed E-state index contributed by atoms with van der Waals surface area (Å²) in [4.78, 5) is 28.6. The van der Waals surface area contributed by atoms with Crippen LogP contribution >= 0.6 is 0 Å². The van der Waals surface area contributed by atoms with Gasteiger partial charge in [0.15, 0.2) is 11.5 Å². The Hall–Kier alpha value is -3.09. The number of carbonyl (C=O) groups excluding carboxylic acids is 2. The number of benzene rings is 1. The summed E-state index contributed by atoms with van der Waals surface area (Å²) < 4.78 is 10.5. The molecule has 0 saturated heterocycles. The number of ether oxygens (including phenoxy) is 2. The SMILES string of the molecule is COc1ccc(CCNC(=O)c2cc(C(=O)NCC(C)C)ccn2)cc1OC. The van der Waals surface area contributed by atoms with Gasteiger partial charge in [-0.25, -0.2) is 0 Å². The second-order valence-corrected chi connectivity index (χ2v) is 6.73. The van der Waals surface area contributed by atoms with Gasteiger partial charge in [-0.15, -0.1) is 0 Å². The summed E-state index contributed by atoms with van der Waals surface area (Å²) in [5, 5.41) is 5.65. The number of carbonyl (C=O) groups is 2. The molecule has 1 aromatic heterocycles. The molecule has 7 heteroatoms. The third-order valence-electron chi connectivity index (χ3n) is 4.07. The van der Waals surface area contributed by atoms with E-state index in [1.54, 1.807) is 20.3 Å². The molecule has 0 aliphatic heterocycles. The van der Waals surface area contributed by atoms with Crippen LogP contribution in [0.1, 0.15) is 40.3 Å². The Labute approximate surface area is 165 Å². The lowest BCUT2D eigenvalue weighted by atomic mass is 10.1. The molecule has 0 atom stereocenters. The minimum atomic E-state index is -0.320. The maximum absolute atomic E-state index is 12.3. The van der Waals surface area contributed by atoms with Gasteiger partial charge in [0, 0.05) is 24.8 Å². The van der Waals surface area contributed by atoms with E-state index in [0.29, 0.717) is 42.5 Å². The highest BCUT2D eigenvalue weighted by Crippen LogP contribution is 2.27. The molecule has 150 valence electrons. The average molecular weight is 385 g/mol.